The summed E-state index contributed by atoms with van der Waals surface area (Å²) in [6.45, 7) is 10.3. The smallest absolute Gasteiger partial charge is 0.0483 e. The summed E-state index contributed by atoms with van der Waals surface area (Å²) in [4.78, 5) is 0. The Balaban J connectivity index is -0.0000000796. The minimum atomic E-state index is -0.167. The number of hydrogen-bond acceptors (Lipinski definition) is 3. The second kappa shape index (κ2) is 23.1. The second-order valence-electron chi connectivity index (χ2n) is 4.36. The fraction of sp³-hybridized carbons (Fsp3) is 0.600. The first kappa shape index (κ1) is 27.3. The predicted octanol–water partition coefficient (Wildman–Crippen LogP) is 2.65. The molecule has 112 valence electrons. The Morgan fingerprint density at radius 3 is 0.895 bits per heavy atom. The number of rotatable bonds is 0. The van der Waals surface area contributed by atoms with Crippen LogP contribution in [0.4, 0.5) is 0 Å². The Bertz CT molecular complexity index is 165. The molecule has 0 radical (unpaired) electrons. The molecule has 0 aliphatic carbocycles. The number of aliphatic hydroxyl groups excluding tert-OH is 3. The Kier molecular flexibility index (Phi) is 33.3. The van der Waals surface area contributed by atoms with E-state index in [2.05, 4.69) is 6.07 Å². The van der Waals surface area contributed by atoms with Gasteiger partial charge in [-0.2, -0.15) is 36.4 Å². The maximum atomic E-state index is 8.06. The standard InChI is InChI=1S/C6H5.3C3H8O.Zr/c1-2-4-6-5-3-1;3*1-3(2)4;/h1-5H;3*3-4H,1-2H3;/q-1;;;;. The molecule has 0 heterocycles. The van der Waals surface area contributed by atoms with E-state index < -0.39 is 0 Å². The van der Waals surface area contributed by atoms with Crippen molar-refractivity contribution in [3.63, 3.8) is 0 Å². The average Bonchev–Trinajstić information content (AvgIpc) is 2.17. The van der Waals surface area contributed by atoms with Crippen molar-refractivity contribution >= 4 is 0 Å². The molecule has 1 rings (SSSR count). The minimum Gasteiger partial charge on any atom is -0.394 e. The van der Waals surface area contributed by atoms with Crippen LogP contribution in [0.2, 0.25) is 0 Å². The van der Waals surface area contributed by atoms with Gasteiger partial charge in [-0.1, -0.05) is 0 Å². The van der Waals surface area contributed by atoms with E-state index in [-0.39, 0.29) is 44.5 Å². The van der Waals surface area contributed by atoms with Gasteiger partial charge in [-0.15, -0.1) is 0 Å². The quantitative estimate of drug-likeness (QED) is 0.632. The summed E-state index contributed by atoms with van der Waals surface area (Å²) in [5.74, 6) is 0. The molecule has 0 saturated carbocycles. The average molecular weight is 349 g/mol. The molecule has 0 fully saturated rings. The fourth-order valence-electron chi connectivity index (χ4n) is 0.342. The normalized spacial score (nSPS) is 8.21. The van der Waals surface area contributed by atoms with Crippen LogP contribution in [0, 0.1) is 6.07 Å². The van der Waals surface area contributed by atoms with Gasteiger partial charge in [0.2, 0.25) is 0 Å². The molecule has 3 N–H and O–H groups in total. The van der Waals surface area contributed by atoms with Crippen LogP contribution in [0.5, 0.6) is 0 Å². The van der Waals surface area contributed by atoms with E-state index in [1.54, 1.807) is 41.5 Å². The van der Waals surface area contributed by atoms with Gasteiger partial charge in [0, 0.05) is 44.5 Å². The van der Waals surface area contributed by atoms with E-state index in [0.717, 1.165) is 0 Å². The minimum absolute atomic E-state index is 0. The van der Waals surface area contributed by atoms with Gasteiger partial charge in [-0.25, -0.2) is 0 Å². The van der Waals surface area contributed by atoms with E-state index in [1.165, 1.54) is 0 Å². The van der Waals surface area contributed by atoms with Crippen molar-refractivity contribution in [1.82, 2.24) is 0 Å². The zero-order chi connectivity index (χ0) is 15.0. The fourth-order valence-corrected chi connectivity index (χ4v) is 0.342. The molecule has 0 spiro atoms. The van der Waals surface area contributed by atoms with E-state index in [4.69, 9.17) is 15.3 Å². The first-order valence-corrected chi connectivity index (χ1v) is 6.15. The van der Waals surface area contributed by atoms with Crippen LogP contribution in [-0.2, 0) is 26.2 Å². The van der Waals surface area contributed by atoms with Gasteiger partial charge in [0.15, 0.2) is 0 Å². The summed E-state index contributed by atoms with van der Waals surface area (Å²) < 4.78 is 0. The molecule has 0 unspecified atom stereocenters. The molecule has 0 aliphatic rings. The predicted molar refractivity (Wildman–Crippen MR) is 77.3 cm³/mol. The Morgan fingerprint density at radius 2 is 0.842 bits per heavy atom. The van der Waals surface area contributed by atoms with Crippen molar-refractivity contribution in [3.8, 4) is 0 Å². The molecule has 0 aromatic heterocycles. The van der Waals surface area contributed by atoms with Crippen LogP contribution in [0.3, 0.4) is 0 Å². The van der Waals surface area contributed by atoms with Crippen LogP contribution in [0.1, 0.15) is 41.5 Å². The third-order valence-corrected chi connectivity index (χ3v) is 0.607. The molecule has 0 bridgehead atoms. The molecule has 0 amide bonds. The van der Waals surface area contributed by atoms with Gasteiger partial charge in [-0.3, -0.25) is 0 Å². The van der Waals surface area contributed by atoms with Gasteiger partial charge < -0.3 is 15.3 Å². The largest absolute Gasteiger partial charge is 0.394 e. The van der Waals surface area contributed by atoms with Crippen molar-refractivity contribution in [3.05, 3.63) is 36.4 Å². The van der Waals surface area contributed by atoms with Crippen molar-refractivity contribution in [2.45, 2.75) is 59.9 Å². The number of hydrogen-bond donors (Lipinski definition) is 3. The third kappa shape index (κ3) is 128. The van der Waals surface area contributed by atoms with Gasteiger partial charge in [0.05, 0.1) is 0 Å². The first-order valence-electron chi connectivity index (χ1n) is 6.15. The molecular formula is C15H29O3Zr-. The van der Waals surface area contributed by atoms with Gasteiger partial charge >= 0.3 is 0 Å². The summed E-state index contributed by atoms with van der Waals surface area (Å²) in [6, 6.07) is 12.5. The van der Waals surface area contributed by atoms with E-state index in [9.17, 15) is 0 Å². The maximum absolute atomic E-state index is 8.06. The molecule has 1 aromatic carbocycles. The summed E-state index contributed by atoms with van der Waals surface area (Å²) in [6.07, 6.45) is -0.500. The first-order chi connectivity index (χ1) is 8.20. The molecule has 4 heteroatoms. The summed E-state index contributed by atoms with van der Waals surface area (Å²) in [5.41, 5.74) is 0. The van der Waals surface area contributed by atoms with Crippen molar-refractivity contribution in [2.24, 2.45) is 0 Å². The van der Waals surface area contributed by atoms with Crippen molar-refractivity contribution in [2.75, 3.05) is 0 Å². The van der Waals surface area contributed by atoms with E-state index >= 15 is 0 Å². The topological polar surface area (TPSA) is 60.7 Å². The Morgan fingerprint density at radius 1 is 0.632 bits per heavy atom. The molecule has 0 atom stereocenters. The van der Waals surface area contributed by atoms with Gasteiger partial charge in [0.25, 0.3) is 0 Å². The van der Waals surface area contributed by atoms with Crippen molar-refractivity contribution in [1.29, 1.82) is 0 Å². The van der Waals surface area contributed by atoms with E-state index in [0.29, 0.717) is 0 Å². The molecule has 1 aromatic rings. The van der Waals surface area contributed by atoms with Crippen LogP contribution >= 0.6 is 0 Å². The van der Waals surface area contributed by atoms with Gasteiger partial charge in [0.1, 0.15) is 0 Å². The molecular weight excluding hydrogens is 319 g/mol. The second-order valence-corrected chi connectivity index (χ2v) is 4.36. The zero-order valence-corrected chi connectivity index (χ0v) is 15.4. The molecule has 19 heavy (non-hydrogen) atoms. The number of aliphatic hydroxyl groups is 3. The molecule has 3 nitrogen and oxygen atoms in total. The van der Waals surface area contributed by atoms with Crippen LogP contribution in [-0.4, -0.2) is 33.6 Å². The monoisotopic (exact) mass is 347 g/mol. The SMILES string of the molecule is CC(C)O.CC(C)O.CC(C)O.[Zr].[c-]1ccccc1. The van der Waals surface area contributed by atoms with Crippen LogP contribution in [0.15, 0.2) is 30.3 Å². The van der Waals surface area contributed by atoms with E-state index in [1.807, 2.05) is 30.3 Å². The Hall–Kier alpha value is -0.0169. The summed E-state index contributed by atoms with van der Waals surface area (Å²) in [5, 5.41) is 24.2. The van der Waals surface area contributed by atoms with Crippen LogP contribution in [0.25, 0.3) is 0 Å². The number of benzene rings is 1. The maximum Gasteiger partial charge on any atom is 0.0483 e. The summed E-state index contributed by atoms with van der Waals surface area (Å²) in [7, 11) is 0. The van der Waals surface area contributed by atoms with Crippen LogP contribution < -0.4 is 0 Å². The summed E-state index contributed by atoms with van der Waals surface area (Å²) >= 11 is 0. The zero-order valence-electron chi connectivity index (χ0n) is 13.0. The molecule has 0 aliphatic heterocycles. The van der Waals surface area contributed by atoms with Gasteiger partial charge in [-0.05, 0) is 41.5 Å². The van der Waals surface area contributed by atoms with Crippen molar-refractivity contribution < 1.29 is 41.5 Å². The third-order valence-electron chi connectivity index (χ3n) is 0.607. The Labute approximate surface area is 137 Å². The molecule has 0 saturated heterocycles.